The molecule has 194 valence electrons. The van der Waals surface area contributed by atoms with E-state index in [1.54, 1.807) is 13.0 Å². The number of carbonyl (C=O) groups excluding carboxylic acids is 1. The summed E-state index contributed by atoms with van der Waals surface area (Å²) in [6.45, 7) is 2.75. The maximum absolute atomic E-state index is 14.5. The van der Waals surface area contributed by atoms with Crippen LogP contribution in [-0.4, -0.2) is 68.1 Å². The molecule has 9 nitrogen and oxygen atoms in total. The Morgan fingerprint density at radius 1 is 1.22 bits per heavy atom. The summed E-state index contributed by atoms with van der Waals surface area (Å²) in [6, 6.07) is 0.734. The molecule has 0 saturated carbocycles. The van der Waals surface area contributed by atoms with E-state index in [9.17, 15) is 26.7 Å². The zero-order valence-corrected chi connectivity index (χ0v) is 19.5. The summed E-state index contributed by atoms with van der Waals surface area (Å²) >= 11 is 0. The largest absolute Gasteiger partial charge is 0.419 e. The number of aromatic nitrogens is 4. The lowest BCUT2D eigenvalue weighted by atomic mass is 9.87. The fraction of sp³-hybridized carbons (Fsp3) is 0.455. The second kappa shape index (κ2) is 10.9. The molecule has 0 spiro atoms. The van der Waals surface area contributed by atoms with Crippen molar-refractivity contribution < 1.29 is 26.7 Å². The Morgan fingerprint density at radius 3 is 2.44 bits per heavy atom. The van der Waals surface area contributed by atoms with Crippen LogP contribution in [0.5, 0.6) is 0 Å². The van der Waals surface area contributed by atoms with E-state index >= 15 is 0 Å². The Bertz CT molecular complexity index is 1090. The van der Waals surface area contributed by atoms with Crippen molar-refractivity contribution in [1.29, 1.82) is 5.41 Å². The Kier molecular flexibility index (Phi) is 8.15. The lowest BCUT2D eigenvalue weighted by Gasteiger charge is -2.43. The molecule has 0 aromatic carbocycles. The summed E-state index contributed by atoms with van der Waals surface area (Å²) in [5.41, 5.74) is -1.59. The number of nitrogens with zero attached hydrogens (tertiary/aromatic N) is 5. The van der Waals surface area contributed by atoms with E-state index in [0.717, 1.165) is 4.90 Å². The first-order chi connectivity index (χ1) is 16.9. The fourth-order valence-corrected chi connectivity index (χ4v) is 3.79. The van der Waals surface area contributed by atoms with E-state index in [1.165, 1.54) is 25.5 Å². The van der Waals surface area contributed by atoms with Crippen LogP contribution in [0.1, 0.15) is 31.7 Å². The number of halogens is 5. The van der Waals surface area contributed by atoms with Crippen LogP contribution in [0, 0.1) is 11.3 Å². The summed E-state index contributed by atoms with van der Waals surface area (Å²) in [5, 5.41) is 14.1. The maximum atomic E-state index is 14.5. The second-order valence-electron chi connectivity index (χ2n) is 8.27. The number of alkyl halides is 5. The number of hydrogen-bond acceptors (Lipinski definition) is 8. The molecule has 1 saturated heterocycles. The minimum atomic E-state index is -4.61. The molecule has 14 heteroatoms. The SMILES string of the molecule is CCN/C=C(\C(=N)C(=O)N1CC(F)(F)C[C@@H](C)[C@H]1CNc1ncc(C(F)(F)F)cn1)c1ncccn1. The number of piperidine rings is 1. The van der Waals surface area contributed by atoms with Gasteiger partial charge in [-0.25, -0.2) is 28.7 Å². The number of rotatable bonds is 8. The van der Waals surface area contributed by atoms with Crippen molar-refractivity contribution in [2.24, 2.45) is 5.92 Å². The number of anilines is 1. The standard InChI is InChI=1S/C22H25F5N8O/c1-3-29-10-15(18-30-5-4-6-31-18)17(28)19(36)35-12-21(23,24)7-13(2)16(35)11-34-20-32-8-14(9-33-20)22(25,26)27/h4-6,8-10,13,16,28-29H,3,7,11-12H2,1-2H3,(H,32,33,34)/b15-10+,28-17?/t13-,16-/m1/s1. The van der Waals surface area contributed by atoms with Crippen molar-refractivity contribution in [3.63, 3.8) is 0 Å². The third-order valence-electron chi connectivity index (χ3n) is 5.53. The van der Waals surface area contributed by atoms with E-state index in [1.807, 2.05) is 0 Å². The average Bonchev–Trinajstić information content (AvgIpc) is 2.82. The van der Waals surface area contributed by atoms with Crippen molar-refractivity contribution in [1.82, 2.24) is 30.2 Å². The van der Waals surface area contributed by atoms with Crippen LogP contribution >= 0.6 is 0 Å². The highest BCUT2D eigenvalue weighted by atomic mass is 19.4. The van der Waals surface area contributed by atoms with E-state index in [4.69, 9.17) is 5.41 Å². The molecular weight excluding hydrogens is 487 g/mol. The highest BCUT2D eigenvalue weighted by Gasteiger charge is 2.47. The third-order valence-corrected chi connectivity index (χ3v) is 5.53. The van der Waals surface area contributed by atoms with Crippen molar-refractivity contribution in [2.45, 2.75) is 38.4 Å². The van der Waals surface area contributed by atoms with Crippen LogP contribution in [0.15, 0.2) is 37.1 Å². The number of amides is 1. The summed E-state index contributed by atoms with van der Waals surface area (Å²) in [5.74, 6) is -4.94. The van der Waals surface area contributed by atoms with Crippen LogP contribution in [-0.2, 0) is 11.0 Å². The van der Waals surface area contributed by atoms with Gasteiger partial charge in [0.25, 0.3) is 11.8 Å². The Morgan fingerprint density at radius 2 is 1.86 bits per heavy atom. The zero-order valence-electron chi connectivity index (χ0n) is 19.5. The topological polar surface area (TPSA) is 120 Å². The lowest BCUT2D eigenvalue weighted by molar-refractivity contribution is -0.145. The first kappa shape index (κ1) is 26.9. The highest BCUT2D eigenvalue weighted by Crippen LogP contribution is 2.35. The highest BCUT2D eigenvalue weighted by molar-refractivity contribution is 6.54. The number of nitrogens with one attached hydrogen (secondary N) is 3. The molecule has 1 aliphatic heterocycles. The maximum Gasteiger partial charge on any atom is 0.419 e. The van der Waals surface area contributed by atoms with Crippen LogP contribution in [0.25, 0.3) is 5.57 Å². The average molecular weight is 512 g/mol. The number of likely N-dealkylation sites (tertiary alicyclic amines) is 1. The van der Waals surface area contributed by atoms with Gasteiger partial charge in [0.1, 0.15) is 5.71 Å². The molecule has 1 amide bonds. The van der Waals surface area contributed by atoms with Crippen molar-refractivity contribution in [3.05, 3.63) is 48.4 Å². The predicted octanol–water partition coefficient (Wildman–Crippen LogP) is 3.24. The van der Waals surface area contributed by atoms with Crippen LogP contribution in [0.3, 0.4) is 0 Å². The Hall–Kier alpha value is -3.71. The molecule has 2 atom stereocenters. The molecule has 36 heavy (non-hydrogen) atoms. The molecule has 3 N–H and O–H groups in total. The minimum Gasteiger partial charge on any atom is -0.391 e. The minimum absolute atomic E-state index is 0.0294. The van der Waals surface area contributed by atoms with Gasteiger partial charge in [-0.2, -0.15) is 13.2 Å². The first-order valence-corrected chi connectivity index (χ1v) is 11.0. The van der Waals surface area contributed by atoms with Gasteiger partial charge in [0.15, 0.2) is 5.82 Å². The number of carbonyl (C=O) groups is 1. The van der Waals surface area contributed by atoms with Gasteiger partial charge in [-0.3, -0.25) is 10.2 Å². The normalized spacial score (nSPS) is 20.1. The van der Waals surface area contributed by atoms with Gasteiger partial charge in [0.2, 0.25) is 5.95 Å². The molecule has 3 heterocycles. The van der Waals surface area contributed by atoms with Crippen molar-refractivity contribution >= 4 is 23.1 Å². The van der Waals surface area contributed by atoms with Crippen LogP contribution < -0.4 is 10.6 Å². The Balaban J connectivity index is 1.84. The van der Waals surface area contributed by atoms with E-state index in [2.05, 4.69) is 30.6 Å². The van der Waals surface area contributed by atoms with Gasteiger partial charge in [-0.1, -0.05) is 6.92 Å². The van der Waals surface area contributed by atoms with Gasteiger partial charge in [0, 0.05) is 50.5 Å². The summed E-state index contributed by atoms with van der Waals surface area (Å²) < 4.78 is 67.2. The first-order valence-electron chi connectivity index (χ1n) is 11.0. The molecular formula is C22H25F5N8O. The molecule has 0 bridgehead atoms. The predicted molar refractivity (Wildman–Crippen MR) is 121 cm³/mol. The molecule has 2 aromatic heterocycles. The van der Waals surface area contributed by atoms with Gasteiger partial charge in [-0.05, 0) is 18.9 Å². The summed E-state index contributed by atoms with van der Waals surface area (Å²) in [6.07, 6.45) is 0.318. The van der Waals surface area contributed by atoms with Gasteiger partial charge >= 0.3 is 6.18 Å². The lowest BCUT2D eigenvalue weighted by Crippen LogP contribution is -2.59. The summed E-state index contributed by atoms with van der Waals surface area (Å²) in [4.78, 5) is 29.6. The van der Waals surface area contributed by atoms with Crippen LogP contribution in [0.4, 0.5) is 27.9 Å². The molecule has 3 rings (SSSR count). The molecule has 0 unspecified atom stereocenters. The van der Waals surface area contributed by atoms with E-state index in [0.29, 0.717) is 18.9 Å². The molecule has 1 aliphatic rings. The molecule has 0 aliphatic carbocycles. The van der Waals surface area contributed by atoms with Crippen LogP contribution in [0.2, 0.25) is 0 Å². The number of hydrogen-bond donors (Lipinski definition) is 3. The summed E-state index contributed by atoms with van der Waals surface area (Å²) in [7, 11) is 0. The third kappa shape index (κ3) is 6.49. The van der Waals surface area contributed by atoms with E-state index in [-0.39, 0.29) is 23.9 Å². The fourth-order valence-electron chi connectivity index (χ4n) is 3.79. The molecule has 2 aromatic rings. The zero-order chi connectivity index (χ0) is 26.5. The monoisotopic (exact) mass is 512 g/mol. The van der Waals surface area contributed by atoms with E-state index < -0.39 is 54.2 Å². The Labute approximate surface area is 203 Å². The van der Waals surface area contributed by atoms with Gasteiger partial charge < -0.3 is 15.5 Å². The van der Waals surface area contributed by atoms with Crippen molar-refractivity contribution in [2.75, 3.05) is 25.0 Å². The smallest absolute Gasteiger partial charge is 0.391 e. The van der Waals surface area contributed by atoms with Crippen molar-refractivity contribution in [3.8, 4) is 0 Å². The second-order valence-corrected chi connectivity index (χ2v) is 8.27. The molecule has 1 fully saturated rings. The van der Waals surface area contributed by atoms with Gasteiger partial charge in [-0.15, -0.1) is 0 Å². The van der Waals surface area contributed by atoms with Gasteiger partial charge in [0.05, 0.1) is 23.7 Å². The molecule has 0 radical (unpaired) electrons. The quantitative estimate of drug-likeness (QED) is 0.367.